The van der Waals surface area contributed by atoms with Crippen molar-refractivity contribution >= 4 is 5.91 Å². The molecule has 0 fully saturated rings. The van der Waals surface area contributed by atoms with Gasteiger partial charge in [0.2, 0.25) is 0 Å². The number of nitrogens with zero attached hydrogens (tertiary/aromatic N) is 3. The third-order valence-corrected chi connectivity index (χ3v) is 4.73. The topological polar surface area (TPSA) is 87.0 Å². The van der Waals surface area contributed by atoms with Gasteiger partial charge >= 0.3 is 0 Å². The predicted octanol–water partition coefficient (Wildman–Crippen LogP) is 3.63. The molecular weight excluding hydrogens is 378 g/mol. The van der Waals surface area contributed by atoms with Crippen molar-refractivity contribution in [3.63, 3.8) is 0 Å². The maximum atomic E-state index is 12.5. The molecule has 0 atom stereocenters. The molecule has 0 aliphatic rings. The molecule has 7 nitrogen and oxygen atoms in total. The third-order valence-electron chi connectivity index (χ3n) is 4.73. The summed E-state index contributed by atoms with van der Waals surface area (Å²) in [5.41, 5.74) is 4.29. The van der Waals surface area contributed by atoms with Crippen molar-refractivity contribution in [3.05, 3.63) is 95.5 Å². The van der Waals surface area contributed by atoms with E-state index in [1.54, 1.807) is 12.3 Å². The summed E-state index contributed by atoms with van der Waals surface area (Å²) in [6.45, 7) is 1.69. The minimum Gasteiger partial charge on any atom is -0.359 e. The van der Waals surface area contributed by atoms with E-state index in [9.17, 15) is 4.79 Å². The Bertz CT molecular complexity index is 1090. The Morgan fingerprint density at radius 1 is 1.07 bits per heavy atom. The van der Waals surface area contributed by atoms with Crippen molar-refractivity contribution in [2.24, 2.45) is 0 Å². The van der Waals surface area contributed by atoms with E-state index in [0.717, 1.165) is 23.4 Å². The molecule has 30 heavy (non-hydrogen) atoms. The number of carbonyl (C=O) groups is 1. The molecule has 2 aromatic heterocycles. The van der Waals surface area contributed by atoms with Crippen LogP contribution in [0.1, 0.15) is 27.4 Å². The molecule has 0 aliphatic heterocycles. The highest BCUT2D eigenvalue weighted by Gasteiger charge is 2.15. The summed E-state index contributed by atoms with van der Waals surface area (Å²) in [6, 6.07) is 21.7. The molecule has 0 unspecified atom stereocenters. The van der Waals surface area contributed by atoms with Gasteiger partial charge in [0, 0.05) is 24.7 Å². The maximum Gasteiger partial charge on any atom is 0.273 e. The smallest absolute Gasteiger partial charge is 0.273 e. The number of aromatic amines is 1. The standard InChI is InChI=1S/C23H23N5O2/c1-28(15-17-8-4-2-5-9-17)16-20-12-21(27-30-20)23(29)24-13-19-14-25-26-22(19)18-10-6-3-7-11-18/h2-12,14H,13,15-16H2,1H3,(H,24,29)(H,25,26). The second-order valence-electron chi connectivity index (χ2n) is 7.16. The molecule has 0 aliphatic carbocycles. The molecule has 0 bridgehead atoms. The van der Waals surface area contributed by atoms with E-state index in [-0.39, 0.29) is 11.6 Å². The fourth-order valence-corrected chi connectivity index (χ4v) is 3.28. The van der Waals surface area contributed by atoms with Crippen molar-refractivity contribution in [1.29, 1.82) is 0 Å². The van der Waals surface area contributed by atoms with Gasteiger partial charge in [-0.25, -0.2) is 0 Å². The Labute approximate surface area is 174 Å². The minimum absolute atomic E-state index is 0.267. The van der Waals surface area contributed by atoms with Crippen molar-refractivity contribution < 1.29 is 9.32 Å². The van der Waals surface area contributed by atoms with Gasteiger partial charge in [0.15, 0.2) is 11.5 Å². The number of hydrogen-bond acceptors (Lipinski definition) is 5. The summed E-state index contributed by atoms with van der Waals surface area (Å²) >= 11 is 0. The van der Waals surface area contributed by atoms with E-state index >= 15 is 0 Å². The van der Waals surface area contributed by atoms with Gasteiger partial charge in [-0.3, -0.25) is 14.8 Å². The Hall–Kier alpha value is -3.71. The van der Waals surface area contributed by atoms with Crippen LogP contribution in [-0.2, 0) is 19.6 Å². The second kappa shape index (κ2) is 9.19. The van der Waals surface area contributed by atoms with Crippen molar-refractivity contribution in [1.82, 2.24) is 25.6 Å². The van der Waals surface area contributed by atoms with Gasteiger partial charge in [-0.1, -0.05) is 65.8 Å². The number of H-pyrrole nitrogens is 1. The normalized spacial score (nSPS) is 11.0. The van der Waals surface area contributed by atoms with Crippen molar-refractivity contribution in [3.8, 4) is 11.3 Å². The largest absolute Gasteiger partial charge is 0.359 e. The van der Waals surface area contributed by atoms with E-state index < -0.39 is 0 Å². The van der Waals surface area contributed by atoms with Crippen LogP contribution in [0.4, 0.5) is 0 Å². The van der Waals surface area contributed by atoms with Gasteiger partial charge in [0.05, 0.1) is 18.4 Å². The summed E-state index contributed by atoms with van der Waals surface area (Å²) in [5.74, 6) is 0.364. The van der Waals surface area contributed by atoms with Crippen molar-refractivity contribution in [2.45, 2.75) is 19.6 Å². The van der Waals surface area contributed by atoms with Crippen LogP contribution >= 0.6 is 0 Å². The molecule has 152 valence electrons. The number of hydrogen-bond donors (Lipinski definition) is 2. The SMILES string of the molecule is CN(Cc1ccccc1)Cc1cc(C(=O)NCc2cn[nH]c2-c2ccccc2)no1. The van der Waals surface area contributed by atoms with Crippen LogP contribution in [0.15, 0.2) is 77.4 Å². The van der Waals surface area contributed by atoms with Crippen LogP contribution in [0.3, 0.4) is 0 Å². The summed E-state index contributed by atoms with van der Waals surface area (Å²) in [6.07, 6.45) is 1.72. The molecule has 0 radical (unpaired) electrons. The number of amides is 1. The van der Waals surface area contributed by atoms with E-state index in [4.69, 9.17) is 4.52 Å². The highest BCUT2D eigenvalue weighted by molar-refractivity contribution is 5.92. The van der Waals surface area contributed by atoms with Crippen LogP contribution in [-0.4, -0.2) is 33.2 Å². The molecule has 1 amide bonds. The van der Waals surface area contributed by atoms with E-state index in [0.29, 0.717) is 18.8 Å². The first-order valence-corrected chi connectivity index (χ1v) is 9.73. The lowest BCUT2D eigenvalue weighted by molar-refractivity contribution is 0.0941. The molecule has 2 heterocycles. The average Bonchev–Trinajstić information content (AvgIpc) is 3.43. The number of carbonyl (C=O) groups excluding carboxylic acids is 1. The first-order valence-electron chi connectivity index (χ1n) is 9.73. The molecule has 7 heteroatoms. The molecule has 2 aromatic carbocycles. The monoisotopic (exact) mass is 401 g/mol. The molecule has 4 aromatic rings. The van der Waals surface area contributed by atoms with Gasteiger partial charge in [-0.2, -0.15) is 5.10 Å². The zero-order chi connectivity index (χ0) is 20.8. The van der Waals surface area contributed by atoms with Crippen molar-refractivity contribution in [2.75, 3.05) is 7.05 Å². The van der Waals surface area contributed by atoms with Crippen LogP contribution in [0.25, 0.3) is 11.3 Å². The Balaban J connectivity index is 1.33. The highest BCUT2D eigenvalue weighted by atomic mass is 16.5. The van der Waals surface area contributed by atoms with Gasteiger partial charge < -0.3 is 9.84 Å². The number of benzene rings is 2. The number of aromatic nitrogens is 3. The van der Waals surface area contributed by atoms with Gasteiger partial charge in [-0.15, -0.1) is 0 Å². The molecule has 2 N–H and O–H groups in total. The Kier molecular flexibility index (Phi) is 6.01. The summed E-state index contributed by atoms with van der Waals surface area (Å²) in [4.78, 5) is 14.6. The van der Waals surface area contributed by atoms with Crippen LogP contribution in [0.2, 0.25) is 0 Å². The Morgan fingerprint density at radius 2 is 1.80 bits per heavy atom. The van der Waals surface area contributed by atoms with Gasteiger partial charge in [0.1, 0.15) is 0 Å². The van der Waals surface area contributed by atoms with E-state index in [2.05, 4.69) is 37.7 Å². The lowest BCUT2D eigenvalue weighted by Gasteiger charge is -2.14. The second-order valence-corrected chi connectivity index (χ2v) is 7.16. The fourth-order valence-electron chi connectivity index (χ4n) is 3.28. The van der Waals surface area contributed by atoms with Crippen LogP contribution in [0.5, 0.6) is 0 Å². The zero-order valence-electron chi connectivity index (χ0n) is 16.7. The highest BCUT2D eigenvalue weighted by Crippen LogP contribution is 2.20. The first kappa shape index (κ1) is 19.6. The van der Waals surface area contributed by atoms with Gasteiger partial charge in [0.25, 0.3) is 5.91 Å². The number of rotatable bonds is 8. The lowest BCUT2D eigenvalue weighted by atomic mass is 10.1. The fraction of sp³-hybridized carbons (Fsp3) is 0.174. The molecule has 4 rings (SSSR count). The average molecular weight is 401 g/mol. The van der Waals surface area contributed by atoms with E-state index in [1.807, 2.05) is 55.6 Å². The summed E-state index contributed by atoms with van der Waals surface area (Å²) < 4.78 is 5.35. The first-order chi connectivity index (χ1) is 14.7. The predicted molar refractivity (Wildman–Crippen MR) is 113 cm³/mol. The van der Waals surface area contributed by atoms with E-state index in [1.165, 1.54) is 5.56 Å². The molecule has 0 spiro atoms. The third kappa shape index (κ3) is 4.82. The summed E-state index contributed by atoms with van der Waals surface area (Å²) in [5, 5.41) is 13.9. The van der Waals surface area contributed by atoms with Crippen LogP contribution in [0, 0.1) is 0 Å². The lowest BCUT2D eigenvalue weighted by Crippen LogP contribution is -2.23. The minimum atomic E-state index is -0.282. The number of nitrogens with one attached hydrogen (secondary N) is 2. The molecule has 0 saturated carbocycles. The molecular formula is C23H23N5O2. The van der Waals surface area contributed by atoms with Gasteiger partial charge in [-0.05, 0) is 18.2 Å². The zero-order valence-corrected chi connectivity index (χ0v) is 16.7. The molecule has 0 saturated heterocycles. The summed E-state index contributed by atoms with van der Waals surface area (Å²) in [7, 11) is 2.00. The Morgan fingerprint density at radius 3 is 2.57 bits per heavy atom. The quantitative estimate of drug-likeness (QED) is 0.471. The maximum absolute atomic E-state index is 12.5. The van der Waals surface area contributed by atoms with Crippen LogP contribution < -0.4 is 5.32 Å².